The number of hydrogen-bond donors (Lipinski definition) is 1. The van der Waals surface area contributed by atoms with Crippen LogP contribution in [0, 0.1) is 0 Å². The highest BCUT2D eigenvalue weighted by atomic mass is 16.6. The van der Waals surface area contributed by atoms with Crippen LogP contribution in [-0.4, -0.2) is 35.4 Å². The molecule has 5 heteroatoms. The number of allylic oxidation sites excluding steroid dienone is 2. The molecule has 1 fully saturated rings. The van der Waals surface area contributed by atoms with Gasteiger partial charge in [0, 0.05) is 17.6 Å². The molecule has 0 saturated carbocycles. The fourth-order valence-electron chi connectivity index (χ4n) is 3.09. The molecule has 25 heavy (non-hydrogen) atoms. The SMILES string of the molecule is C=C1C(=O)OC2CC(OC(=O)C(C)=CC)C=C(C)CCC(O)C(C)=C12. The summed E-state index contributed by atoms with van der Waals surface area (Å²) in [5.41, 5.74) is 3.16. The van der Waals surface area contributed by atoms with E-state index in [1.54, 1.807) is 26.8 Å². The minimum absolute atomic E-state index is 0.275. The van der Waals surface area contributed by atoms with Gasteiger partial charge >= 0.3 is 11.9 Å². The van der Waals surface area contributed by atoms with E-state index in [2.05, 4.69) is 6.58 Å². The second kappa shape index (κ2) is 7.83. The van der Waals surface area contributed by atoms with Gasteiger partial charge in [0.1, 0.15) is 12.2 Å². The van der Waals surface area contributed by atoms with Crippen LogP contribution in [0.4, 0.5) is 0 Å². The predicted molar refractivity (Wildman–Crippen MR) is 94.6 cm³/mol. The largest absolute Gasteiger partial charge is 0.455 e. The first kappa shape index (κ1) is 19.2. The summed E-state index contributed by atoms with van der Waals surface area (Å²) in [6.07, 6.45) is 3.35. The minimum atomic E-state index is -0.656. The molecule has 1 aliphatic carbocycles. The quantitative estimate of drug-likeness (QED) is 0.472. The maximum absolute atomic E-state index is 12.1. The molecule has 1 aliphatic heterocycles. The van der Waals surface area contributed by atoms with Gasteiger partial charge in [-0.25, -0.2) is 9.59 Å². The van der Waals surface area contributed by atoms with Crippen LogP contribution in [0.15, 0.2) is 46.6 Å². The van der Waals surface area contributed by atoms with Crippen molar-refractivity contribution in [2.24, 2.45) is 0 Å². The second-order valence-electron chi connectivity index (χ2n) is 6.69. The van der Waals surface area contributed by atoms with E-state index in [1.807, 2.05) is 13.0 Å². The highest BCUT2D eigenvalue weighted by Crippen LogP contribution is 2.35. The molecule has 5 nitrogen and oxygen atoms in total. The summed E-state index contributed by atoms with van der Waals surface area (Å²) >= 11 is 0. The molecule has 2 rings (SSSR count). The highest BCUT2D eigenvalue weighted by molar-refractivity contribution is 5.96. The normalized spacial score (nSPS) is 28.3. The number of rotatable bonds is 2. The average molecular weight is 346 g/mol. The van der Waals surface area contributed by atoms with Gasteiger partial charge < -0.3 is 14.6 Å². The molecular weight excluding hydrogens is 320 g/mol. The van der Waals surface area contributed by atoms with Crippen molar-refractivity contribution >= 4 is 11.9 Å². The monoisotopic (exact) mass is 346 g/mol. The molecule has 0 aromatic heterocycles. The van der Waals surface area contributed by atoms with E-state index >= 15 is 0 Å². The number of ether oxygens (including phenoxy) is 2. The average Bonchev–Trinajstić information content (AvgIpc) is 2.84. The van der Waals surface area contributed by atoms with Crippen LogP contribution in [0.5, 0.6) is 0 Å². The molecule has 2 aliphatic rings. The Bertz CT molecular complexity index is 680. The summed E-state index contributed by atoms with van der Waals surface area (Å²) in [7, 11) is 0. The van der Waals surface area contributed by atoms with Crippen molar-refractivity contribution in [2.45, 2.75) is 65.3 Å². The molecule has 136 valence electrons. The number of esters is 2. The molecule has 1 saturated heterocycles. The summed E-state index contributed by atoms with van der Waals surface area (Å²) < 4.78 is 11.0. The molecule has 0 amide bonds. The van der Waals surface area contributed by atoms with E-state index in [-0.39, 0.29) is 11.5 Å². The molecule has 0 aromatic carbocycles. The predicted octanol–water partition coefficient (Wildman–Crippen LogP) is 3.15. The number of aliphatic hydroxyl groups excluding tert-OH is 1. The second-order valence-corrected chi connectivity index (χ2v) is 6.69. The van der Waals surface area contributed by atoms with E-state index in [1.165, 1.54) is 0 Å². The number of carbonyl (C=O) groups is 2. The zero-order valence-electron chi connectivity index (χ0n) is 15.3. The van der Waals surface area contributed by atoms with Crippen LogP contribution < -0.4 is 0 Å². The van der Waals surface area contributed by atoms with Crippen LogP contribution in [0.3, 0.4) is 0 Å². The van der Waals surface area contributed by atoms with Gasteiger partial charge in [0.15, 0.2) is 0 Å². The molecule has 0 bridgehead atoms. The van der Waals surface area contributed by atoms with E-state index in [0.717, 1.165) is 5.57 Å². The molecule has 3 atom stereocenters. The van der Waals surface area contributed by atoms with Crippen LogP contribution in [0.25, 0.3) is 0 Å². The van der Waals surface area contributed by atoms with Gasteiger partial charge in [0.05, 0.1) is 11.7 Å². The maximum atomic E-state index is 12.1. The zero-order chi connectivity index (χ0) is 18.7. The number of aliphatic hydroxyl groups is 1. The summed E-state index contributed by atoms with van der Waals surface area (Å²) in [4.78, 5) is 24.1. The fraction of sp³-hybridized carbons (Fsp3) is 0.500. The van der Waals surface area contributed by atoms with Crippen LogP contribution in [0.2, 0.25) is 0 Å². The Morgan fingerprint density at radius 3 is 2.76 bits per heavy atom. The third-order valence-electron chi connectivity index (χ3n) is 4.81. The first-order valence-electron chi connectivity index (χ1n) is 8.54. The van der Waals surface area contributed by atoms with E-state index in [4.69, 9.17) is 9.47 Å². The van der Waals surface area contributed by atoms with Crippen molar-refractivity contribution in [3.63, 3.8) is 0 Å². The van der Waals surface area contributed by atoms with Gasteiger partial charge in [-0.3, -0.25) is 0 Å². The maximum Gasteiger partial charge on any atom is 0.338 e. The lowest BCUT2D eigenvalue weighted by molar-refractivity contribution is -0.144. The third kappa shape index (κ3) is 4.28. The topological polar surface area (TPSA) is 72.8 Å². The summed E-state index contributed by atoms with van der Waals surface area (Å²) in [5.74, 6) is -0.875. The van der Waals surface area contributed by atoms with Crippen LogP contribution >= 0.6 is 0 Å². The van der Waals surface area contributed by atoms with Crippen molar-refractivity contribution in [1.29, 1.82) is 0 Å². The smallest absolute Gasteiger partial charge is 0.338 e. The van der Waals surface area contributed by atoms with E-state index < -0.39 is 24.3 Å². The standard InChI is InChI=1S/C20H26O5/c1-6-12(3)19(22)24-15-9-11(2)7-8-16(21)13(4)18-14(5)20(23)25-17(18)10-15/h6,9,15-17,21H,5,7-8,10H2,1-4H3. The Hall–Kier alpha value is -2.14. The minimum Gasteiger partial charge on any atom is -0.455 e. The van der Waals surface area contributed by atoms with Crippen molar-refractivity contribution in [2.75, 3.05) is 0 Å². The van der Waals surface area contributed by atoms with Crippen LogP contribution in [-0.2, 0) is 19.1 Å². The number of carbonyl (C=O) groups excluding carboxylic acids is 2. The van der Waals surface area contributed by atoms with Crippen molar-refractivity contribution in [1.82, 2.24) is 0 Å². The molecule has 1 N–H and O–H groups in total. The lowest BCUT2D eigenvalue weighted by Gasteiger charge is -2.24. The molecule has 0 spiro atoms. The van der Waals surface area contributed by atoms with Gasteiger partial charge in [0.2, 0.25) is 0 Å². The van der Waals surface area contributed by atoms with Crippen LogP contribution in [0.1, 0.15) is 47.0 Å². The first-order valence-corrected chi connectivity index (χ1v) is 8.54. The van der Waals surface area contributed by atoms with Gasteiger partial charge in [-0.05, 0) is 52.2 Å². The number of hydrogen-bond acceptors (Lipinski definition) is 5. The summed E-state index contributed by atoms with van der Waals surface area (Å²) in [6, 6.07) is 0. The Morgan fingerprint density at radius 2 is 2.12 bits per heavy atom. The van der Waals surface area contributed by atoms with E-state index in [0.29, 0.717) is 36.0 Å². The van der Waals surface area contributed by atoms with Crippen molar-refractivity contribution in [3.05, 3.63) is 46.6 Å². The fourth-order valence-corrected chi connectivity index (χ4v) is 3.09. The van der Waals surface area contributed by atoms with Gasteiger partial charge in [-0.2, -0.15) is 0 Å². The third-order valence-corrected chi connectivity index (χ3v) is 4.81. The molecule has 0 radical (unpaired) electrons. The number of fused-ring (bicyclic) bond motifs is 1. The Balaban J connectivity index is 2.36. The lowest BCUT2D eigenvalue weighted by Crippen LogP contribution is -2.26. The molecule has 3 unspecified atom stereocenters. The summed E-state index contributed by atoms with van der Waals surface area (Å²) in [5, 5.41) is 10.4. The zero-order valence-corrected chi connectivity index (χ0v) is 15.3. The lowest BCUT2D eigenvalue weighted by atomic mass is 9.89. The molecule has 1 heterocycles. The van der Waals surface area contributed by atoms with Gasteiger partial charge in [0.25, 0.3) is 0 Å². The Labute approximate surface area is 148 Å². The summed E-state index contributed by atoms with van der Waals surface area (Å²) in [6.45, 7) is 11.0. The van der Waals surface area contributed by atoms with Crippen molar-refractivity contribution in [3.8, 4) is 0 Å². The first-order chi connectivity index (χ1) is 11.7. The van der Waals surface area contributed by atoms with Crippen molar-refractivity contribution < 1.29 is 24.2 Å². The molecule has 0 aromatic rings. The molecular formula is C20H26O5. The Kier molecular flexibility index (Phi) is 6.01. The Morgan fingerprint density at radius 1 is 1.44 bits per heavy atom. The highest BCUT2D eigenvalue weighted by Gasteiger charge is 2.38. The van der Waals surface area contributed by atoms with Gasteiger partial charge in [-0.15, -0.1) is 0 Å². The van der Waals surface area contributed by atoms with Gasteiger partial charge in [-0.1, -0.05) is 18.2 Å². The van der Waals surface area contributed by atoms with E-state index in [9.17, 15) is 14.7 Å².